The van der Waals surface area contributed by atoms with Crippen LogP contribution in [-0.4, -0.2) is 6.71 Å². The Balaban J connectivity index is 1.47. The molecule has 344 valence electrons. The van der Waals surface area contributed by atoms with Gasteiger partial charge in [-0.15, -0.1) is 11.3 Å². The molecule has 0 radical (unpaired) electrons. The van der Waals surface area contributed by atoms with E-state index < -0.39 is 283 Å². The molecule has 4 nitrogen and oxygen atoms in total. The number of furan rings is 1. The summed E-state index contributed by atoms with van der Waals surface area (Å²) in [4.78, 5) is 2.28. The monoisotopic (exact) mass is 959 g/mol. The van der Waals surface area contributed by atoms with Crippen LogP contribution in [0.1, 0.15) is 121 Å². The fourth-order valence-electron chi connectivity index (χ4n) is 8.49. The third-order valence-corrected chi connectivity index (χ3v) is 13.1. The Bertz CT molecular complexity index is 5280. The maximum absolute atomic E-state index is 11.2. The lowest BCUT2D eigenvalue weighted by atomic mass is 9.35. The van der Waals surface area contributed by atoms with E-state index in [4.69, 9.17) is 19.5 Å². The molecule has 0 amide bonds. The minimum absolute atomic E-state index is 0.0177. The fourth-order valence-corrected chi connectivity index (χ4v) is 9.70. The predicted octanol–water partition coefficient (Wildman–Crippen LogP) is 16.8. The zero-order valence-corrected chi connectivity index (χ0v) is 40.1. The van der Waals surface area contributed by atoms with Crippen molar-refractivity contribution in [2.24, 2.45) is 0 Å². The Labute approximate surface area is 461 Å². The summed E-state index contributed by atoms with van der Waals surface area (Å²) in [6.07, 6.45) is 0. The zero-order valence-electron chi connectivity index (χ0n) is 70.2. The first-order valence-electron chi connectivity index (χ1n) is 37.7. The van der Waals surface area contributed by atoms with E-state index in [2.05, 4.69) is 0 Å². The lowest BCUT2D eigenvalue weighted by Gasteiger charge is -2.42. The molecule has 0 aliphatic carbocycles. The summed E-state index contributed by atoms with van der Waals surface area (Å²) in [7, 11) is 0. The maximum atomic E-state index is 11.2. The molecule has 8 aromatic carbocycles. The smallest absolute Gasteiger partial charge is 0.298 e. The second-order valence-electron chi connectivity index (χ2n) is 19.8. The fraction of sp³-hybridized carbons (Fsp3) is 0.188. The average molecular weight is 959 g/mol. The first kappa shape index (κ1) is 21.8. The van der Waals surface area contributed by atoms with Gasteiger partial charge in [0.25, 0.3) is 6.71 Å². The second-order valence-corrected chi connectivity index (χ2v) is 20.8. The highest BCUT2D eigenvalue weighted by Crippen LogP contribution is 2.52. The Morgan fingerprint density at radius 3 is 1.54 bits per heavy atom. The van der Waals surface area contributed by atoms with Crippen molar-refractivity contribution in [2.45, 2.75) is 78.6 Å². The van der Waals surface area contributed by atoms with Gasteiger partial charge in [0, 0.05) is 44.2 Å². The number of para-hydroxylation sites is 2. The number of fused-ring (bicyclic) bond motifs is 8. The van der Waals surface area contributed by atoms with Crippen LogP contribution in [0.15, 0.2) is 192 Å². The van der Waals surface area contributed by atoms with E-state index in [1.54, 1.807) is 62.3 Å². The first-order valence-corrected chi connectivity index (χ1v) is 23.0. The molecule has 12 rings (SSSR count). The predicted molar refractivity (Wildman–Crippen MR) is 302 cm³/mol. The van der Waals surface area contributed by atoms with Gasteiger partial charge in [-0.25, -0.2) is 0 Å². The van der Waals surface area contributed by atoms with E-state index in [1.165, 1.54) is 0 Å². The van der Waals surface area contributed by atoms with E-state index in [9.17, 15) is 27.4 Å². The zero-order chi connectivity index (χ0) is 75.2. The van der Waals surface area contributed by atoms with Crippen LogP contribution in [0.3, 0.4) is 0 Å². The summed E-state index contributed by atoms with van der Waals surface area (Å²) in [6, 6.07) is -28.9. The van der Waals surface area contributed by atoms with Gasteiger partial charge < -0.3 is 19.1 Å². The molecule has 2 aromatic heterocycles. The van der Waals surface area contributed by atoms with Gasteiger partial charge in [0.1, 0.15) is 5.58 Å². The number of hydrogen-bond acceptors (Lipinski definition) is 5. The van der Waals surface area contributed by atoms with E-state index in [0.29, 0.717) is 16.2 Å². The van der Waals surface area contributed by atoms with Crippen LogP contribution in [-0.2, 0) is 16.2 Å². The molecule has 6 heteroatoms. The number of nitrogens with zero attached hydrogens (tertiary/aromatic N) is 3. The number of hydrogen-bond donors (Lipinski definition) is 0. The van der Waals surface area contributed by atoms with Gasteiger partial charge in [0.05, 0.1) is 64.5 Å². The standard InChI is InChI=1S/C64H58BN3OS/c1-62(2,3)43-26-31-48(32-27-43)67-53-39-50(66(46-21-15-11-16-22-46)47-23-17-12-18-24-47)40-54-58(53)65(60-59(67)52-37-42(25-36-55(52)69-60)41-19-13-10-14-20-41)57-51-35-30-45(64(7,8)9)38-56(51)70-61(57)68(54)49-33-28-44(29-34-49)63(4,5)6/h10-40H,1-9H3/i10D,11D,12D,13D,14D,15D,16D,17D,18D,19D,20D,21D,22D,23D,24D,25D,26D,27D,28D,29D,30D,31D,32D,33D,34D,35D,36D,37D,38D,39D,40D. The van der Waals surface area contributed by atoms with Gasteiger partial charge in [-0.3, -0.25) is 0 Å². The molecule has 0 saturated carbocycles. The van der Waals surface area contributed by atoms with Crippen LogP contribution in [0, 0.1) is 0 Å². The molecule has 0 spiro atoms. The van der Waals surface area contributed by atoms with Gasteiger partial charge in [-0.2, -0.15) is 0 Å². The topological polar surface area (TPSA) is 22.9 Å². The Morgan fingerprint density at radius 2 is 0.986 bits per heavy atom. The SMILES string of the molecule is [2H]c1c([2H])c([2H])c(-c2c([2H])c([2H])c3oc4c(c3c2[2H])N(c2c([2H])c([2H])c(C(C)(C)C)c([2H])c2[2H])c2c([2H])c(N(c3c([2H])c([2H])c([2H])c([2H])c3[2H])c3c([2H])c([2H])c([2H])c([2H])c3[2H])c([2H])c3c2B4c2c(sc4c([2H])c(C(C)(C)C)c([2H])c([2H])c24)N3c2c([2H])c([2H])c(C(C)(C)C)c([2H])c2[2H])c([2H])c1[2H]. The summed E-state index contributed by atoms with van der Waals surface area (Å²) in [5.74, 6) is 0. The average Bonchev–Trinajstić information content (AvgIpc) is 1.59. The summed E-state index contributed by atoms with van der Waals surface area (Å²) in [5.41, 5.74) is -14.6. The van der Waals surface area contributed by atoms with Crippen molar-refractivity contribution in [1.82, 2.24) is 0 Å². The minimum atomic E-state index is -1.98. The molecule has 0 N–H and O–H groups in total. The van der Waals surface area contributed by atoms with E-state index >= 15 is 0 Å². The second kappa shape index (κ2) is 16.1. The molecule has 0 fully saturated rings. The van der Waals surface area contributed by atoms with Crippen molar-refractivity contribution in [3.8, 4) is 11.1 Å². The summed E-state index contributed by atoms with van der Waals surface area (Å²) >= 11 is 0.661. The third kappa shape index (κ3) is 7.26. The van der Waals surface area contributed by atoms with Crippen molar-refractivity contribution in [2.75, 3.05) is 14.7 Å². The lowest BCUT2D eigenvalue weighted by Crippen LogP contribution is -2.60. The molecule has 0 bridgehead atoms. The van der Waals surface area contributed by atoms with Gasteiger partial charge in [-0.1, -0.05) is 171 Å². The van der Waals surface area contributed by atoms with Crippen molar-refractivity contribution in [3.05, 3.63) is 204 Å². The van der Waals surface area contributed by atoms with Crippen LogP contribution in [0.5, 0.6) is 0 Å². The van der Waals surface area contributed by atoms with E-state index in [0.717, 1.165) is 9.80 Å². The van der Waals surface area contributed by atoms with Gasteiger partial charge in [0.15, 0.2) is 0 Å². The van der Waals surface area contributed by atoms with Crippen LogP contribution < -0.4 is 31.3 Å². The van der Waals surface area contributed by atoms with Crippen LogP contribution in [0.25, 0.3) is 32.2 Å². The van der Waals surface area contributed by atoms with Gasteiger partial charge >= 0.3 is 0 Å². The largest absolute Gasteiger partial charge is 0.468 e. The third-order valence-electron chi connectivity index (χ3n) is 11.9. The van der Waals surface area contributed by atoms with Crippen molar-refractivity contribution in [1.29, 1.82) is 0 Å². The molecule has 70 heavy (non-hydrogen) atoms. The van der Waals surface area contributed by atoms with Gasteiger partial charge in [-0.05, 0) is 139 Å². The van der Waals surface area contributed by atoms with E-state index in [-0.39, 0.29) is 43.3 Å². The molecule has 0 saturated heterocycles. The molecule has 2 aliphatic heterocycles. The molecule has 0 unspecified atom stereocenters. The van der Waals surface area contributed by atoms with Crippen LogP contribution >= 0.6 is 11.3 Å². The Hall–Kier alpha value is -7.28. The van der Waals surface area contributed by atoms with Crippen molar-refractivity contribution in [3.63, 3.8) is 0 Å². The number of thiophene rings is 1. The number of rotatable bonds is 6. The van der Waals surface area contributed by atoms with Crippen LogP contribution in [0.4, 0.5) is 50.5 Å². The number of anilines is 9. The summed E-state index contributed by atoms with van der Waals surface area (Å²) in [5, 5.41) is -1.26. The highest BCUT2D eigenvalue weighted by Gasteiger charge is 2.49. The van der Waals surface area contributed by atoms with Crippen molar-refractivity contribution < 1.29 is 46.9 Å². The molecule has 2 aliphatic rings. The maximum Gasteiger partial charge on any atom is 0.298 e. The summed E-state index contributed by atoms with van der Waals surface area (Å²) < 4.78 is 305. The minimum Gasteiger partial charge on any atom is -0.468 e. The Morgan fingerprint density at radius 1 is 0.471 bits per heavy atom. The van der Waals surface area contributed by atoms with Gasteiger partial charge in [0.2, 0.25) is 0 Å². The van der Waals surface area contributed by atoms with Crippen molar-refractivity contribution >= 4 is 106 Å². The molecule has 10 aromatic rings. The highest BCUT2D eigenvalue weighted by molar-refractivity contribution is 7.26. The molecule has 4 heterocycles. The van der Waals surface area contributed by atoms with E-state index in [1.807, 2.05) is 0 Å². The lowest BCUT2D eigenvalue weighted by molar-refractivity contribution is 0.590. The molecule has 0 atom stereocenters. The molecular weight excluding hydrogens is 870 g/mol. The Kier molecular flexibility index (Phi) is 5.03. The normalized spacial score (nSPS) is 19.6. The first-order chi connectivity index (χ1) is 46.6. The van der Waals surface area contributed by atoms with Crippen LogP contribution in [0.2, 0.25) is 0 Å². The summed E-state index contributed by atoms with van der Waals surface area (Å²) in [6.45, 7) is 12.7. The number of benzene rings is 8. The highest BCUT2D eigenvalue weighted by atomic mass is 32.1. The molecular formula is C64H58BN3OS. The quantitative estimate of drug-likeness (QED) is 0.155.